The lowest BCUT2D eigenvalue weighted by Gasteiger charge is -2.11. The molecule has 3 N–H and O–H groups in total. The van der Waals surface area contributed by atoms with Crippen molar-refractivity contribution in [3.8, 4) is 11.8 Å². The zero-order chi connectivity index (χ0) is 14.4. The molecule has 1 saturated heterocycles. The fraction of sp³-hybridized carbons (Fsp3) is 0.438. The van der Waals surface area contributed by atoms with Crippen LogP contribution in [0.1, 0.15) is 34.3 Å². The van der Waals surface area contributed by atoms with Crippen molar-refractivity contribution in [1.29, 1.82) is 0 Å². The molecule has 4 nitrogen and oxygen atoms in total. The number of aryl methyl sites for hydroxylation is 1. The van der Waals surface area contributed by atoms with Crippen LogP contribution in [-0.2, 0) is 4.74 Å². The molecule has 1 fully saturated rings. The van der Waals surface area contributed by atoms with E-state index in [1.54, 1.807) is 0 Å². The topological polar surface area (TPSA) is 64.3 Å². The summed E-state index contributed by atoms with van der Waals surface area (Å²) in [4.78, 5) is 12.1. The Kier molecular flexibility index (Phi) is 5.16. The maximum Gasteiger partial charge on any atom is 0.251 e. The van der Waals surface area contributed by atoms with E-state index in [1.807, 2.05) is 25.1 Å². The van der Waals surface area contributed by atoms with Crippen LogP contribution in [0, 0.1) is 18.8 Å². The smallest absolute Gasteiger partial charge is 0.251 e. The Morgan fingerprint density at radius 2 is 2.40 bits per heavy atom. The molecule has 106 valence electrons. The number of ether oxygens (including phenoxy) is 1. The van der Waals surface area contributed by atoms with Gasteiger partial charge in [-0.1, -0.05) is 17.9 Å². The van der Waals surface area contributed by atoms with Crippen molar-refractivity contribution >= 4 is 5.91 Å². The summed E-state index contributed by atoms with van der Waals surface area (Å²) in [6.07, 6.45) is 2.24. The molecule has 1 aromatic rings. The number of rotatable bonds is 3. The van der Waals surface area contributed by atoms with Gasteiger partial charge in [0.05, 0.1) is 12.6 Å². The molecule has 0 spiro atoms. The van der Waals surface area contributed by atoms with E-state index >= 15 is 0 Å². The summed E-state index contributed by atoms with van der Waals surface area (Å²) in [6.45, 7) is 3.64. The highest BCUT2D eigenvalue weighted by molar-refractivity contribution is 5.94. The number of carbonyl (C=O) groups excluding carboxylic acids is 1. The van der Waals surface area contributed by atoms with Crippen molar-refractivity contribution in [3.05, 3.63) is 34.9 Å². The molecule has 0 aliphatic carbocycles. The van der Waals surface area contributed by atoms with Gasteiger partial charge in [-0.2, -0.15) is 0 Å². The molecule has 1 aromatic carbocycles. The number of hydrogen-bond donors (Lipinski definition) is 2. The second-order valence-corrected chi connectivity index (χ2v) is 4.88. The minimum Gasteiger partial charge on any atom is -0.376 e. The molecule has 1 unspecified atom stereocenters. The van der Waals surface area contributed by atoms with E-state index in [0.717, 1.165) is 30.6 Å². The van der Waals surface area contributed by atoms with E-state index in [9.17, 15) is 4.79 Å². The Bertz CT molecular complexity index is 537. The largest absolute Gasteiger partial charge is 0.376 e. The quantitative estimate of drug-likeness (QED) is 0.813. The summed E-state index contributed by atoms with van der Waals surface area (Å²) in [5, 5.41) is 2.91. The van der Waals surface area contributed by atoms with Gasteiger partial charge in [0.25, 0.3) is 5.91 Å². The maximum atomic E-state index is 12.1. The Balaban J connectivity index is 2.01. The van der Waals surface area contributed by atoms with E-state index in [1.165, 1.54) is 0 Å². The van der Waals surface area contributed by atoms with Crippen molar-refractivity contribution in [2.24, 2.45) is 5.73 Å². The molecule has 20 heavy (non-hydrogen) atoms. The third kappa shape index (κ3) is 3.83. The number of benzene rings is 1. The second-order valence-electron chi connectivity index (χ2n) is 4.88. The van der Waals surface area contributed by atoms with Crippen LogP contribution < -0.4 is 11.1 Å². The van der Waals surface area contributed by atoms with E-state index in [-0.39, 0.29) is 12.0 Å². The second kappa shape index (κ2) is 7.09. The van der Waals surface area contributed by atoms with Crippen LogP contribution in [-0.4, -0.2) is 31.7 Å². The molecule has 0 radical (unpaired) electrons. The molecule has 4 heteroatoms. The lowest BCUT2D eigenvalue weighted by Crippen LogP contribution is -2.31. The zero-order valence-corrected chi connectivity index (χ0v) is 11.7. The molecule has 1 atom stereocenters. The van der Waals surface area contributed by atoms with Crippen LogP contribution >= 0.6 is 0 Å². The Labute approximate surface area is 119 Å². The number of nitrogens with one attached hydrogen (secondary N) is 1. The summed E-state index contributed by atoms with van der Waals surface area (Å²) in [5.41, 5.74) is 7.89. The lowest BCUT2D eigenvalue weighted by molar-refractivity contribution is 0.0858. The van der Waals surface area contributed by atoms with Gasteiger partial charge in [-0.3, -0.25) is 4.79 Å². The van der Waals surface area contributed by atoms with Crippen LogP contribution in [0.5, 0.6) is 0 Å². The van der Waals surface area contributed by atoms with E-state index in [0.29, 0.717) is 18.7 Å². The zero-order valence-electron chi connectivity index (χ0n) is 11.7. The normalized spacial score (nSPS) is 17.4. The predicted octanol–water partition coefficient (Wildman–Crippen LogP) is 1.21. The van der Waals surface area contributed by atoms with E-state index in [4.69, 9.17) is 10.5 Å². The molecular weight excluding hydrogens is 252 g/mol. The van der Waals surface area contributed by atoms with Gasteiger partial charge in [0.2, 0.25) is 0 Å². The number of nitrogens with two attached hydrogens (primary N) is 1. The molecule has 1 aliphatic rings. The number of hydrogen-bond acceptors (Lipinski definition) is 3. The number of amides is 1. The Morgan fingerprint density at radius 3 is 3.10 bits per heavy atom. The monoisotopic (exact) mass is 272 g/mol. The van der Waals surface area contributed by atoms with Crippen LogP contribution in [0.4, 0.5) is 0 Å². The van der Waals surface area contributed by atoms with Crippen molar-refractivity contribution in [2.75, 3.05) is 19.7 Å². The summed E-state index contributed by atoms with van der Waals surface area (Å²) in [6, 6.07) is 5.53. The summed E-state index contributed by atoms with van der Waals surface area (Å²) in [5.74, 6) is 5.71. The molecule has 0 aromatic heterocycles. The van der Waals surface area contributed by atoms with Crippen molar-refractivity contribution < 1.29 is 9.53 Å². The fourth-order valence-corrected chi connectivity index (χ4v) is 2.16. The Morgan fingerprint density at radius 1 is 1.55 bits per heavy atom. The average Bonchev–Trinajstić information content (AvgIpc) is 2.97. The standard InChI is InChI=1S/C16H20N2O2/c1-12-6-7-14(10-13(12)4-2-8-17)16(19)18-11-15-5-3-9-20-15/h6-7,10,15H,3,5,8-9,11,17H2,1H3,(H,18,19). The van der Waals surface area contributed by atoms with Crippen molar-refractivity contribution in [3.63, 3.8) is 0 Å². The van der Waals surface area contributed by atoms with Crippen LogP contribution in [0.15, 0.2) is 18.2 Å². The highest BCUT2D eigenvalue weighted by atomic mass is 16.5. The first-order valence-electron chi connectivity index (χ1n) is 6.90. The molecular formula is C16H20N2O2. The Hall–Kier alpha value is -1.83. The third-order valence-corrected chi connectivity index (χ3v) is 3.34. The minimum atomic E-state index is -0.0868. The molecule has 0 saturated carbocycles. The summed E-state index contributed by atoms with van der Waals surface area (Å²) < 4.78 is 5.48. The first-order valence-corrected chi connectivity index (χ1v) is 6.90. The summed E-state index contributed by atoms with van der Waals surface area (Å²) >= 11 is 0. The average molecular weight is 272 g/mol. The first kappa shape index (κ1) is 14.6. The minimum absolute atomic E-state index is 0.0868. The van der Waals surface area contributed by atoms with Crippen LogP contribution in [0.3, 0.4) is 0 Å². The van der Waals surface area contributed by atoms with Gasteiger partial charge in [-0.15, -0.1) is 0 Å². The molecule has 0 bridgehead atoms. The molecule has 2 rings (SSSR count). The predicted molar refractivity (Wildman–Crippen MR) is 78.4 cm³/mol. The fourth-order valence-electron chi connectivity index (χ4n) is 2.16. The van der Waals surface area contributed by atoms with E-state index in [2.05, 4.69) is 17.2 Å². The summed E-state index contributed by atoms with van der Waals surface area (Å²) in [7, 11) is 0. The van der Waals surface area contributed by atoms with Gasteiger partial charge in [0.1, 0.15) is 0 Å². The van der Waals surface area contributed by atoms with E-state index < -0.39 is 0 Å². The highest BCUT2D eigenvalue weighted by Crippen LogP contribution is 2.12. The van der Waals surface area contributed by atoms with Gasteiger partial charge >= 0.3 is 0 Å². The lowest BCUT2D eigenvalue weighted by atomic mass is 10.0. The molecule has 1 amide bonds. The molecule has 1 aliphatic heterocycles. The van der Waals surface area contributed by atoms with Crippen molar-refractivity contribution in [1.82, 2.24) is 5.32 Å². The van der Waals surface area contributed by atoms with Gasteiger partial charge in [-0.25, -0.2) is 0 Å². The van der Waals surface area contributed by atoms with Crippen LogP contribution in [0.2, 0.25) is 0 Å². The SMILES string of the molecule is Cc1ccc(C(=O)NCC2CCCO2)cc1C#CCN. The van der Waals surface area contributed by atoms with Crippen LogP contribution in [0.25, 0.3) is 0 Å². The third-order valence-electron chi connectivity index (χ3n) is 3.34. The maximum absolute atomic E-state index is 12.1. The molecule has 1 heterocycles. The van der Waals surface area contributed by atoms with Gasteiger partial charge in [-0.05, 0) is 37.5 Å². The van der Waals surface area contributed by atoms with Gasteiger partial charge in [0, 0.05) is 24.3 Å². The number of carbonyl (C=O) groups is 1. The highest BCUT2D eigenvalue weighted by Gasteiger charge is 2.16. The first-order chi connectivity index (χ1) is 9.70. The van der Waals surface area contributed by atoms with Crippen molar-refractivity contribution in [2.45, 2.75) is 25.9 Å². The van der Waals surface area contributed by atoms with Gasteiger partial charge in [0.15, 0.2) is 0 Å². The van der Waals surface area contributed by atoms with Gasteiger partial charge < -0.3 is 15.8 Å².